The first-order valence-corrected chi connectivity index (χ1v) is 10.5. The number of rotatable bonds is 7. The first-order valence-electron chi connectivity index (χ1n) is 10.5. The highest BCUT2D eigenvalue weighted by Crippen LogP contribution is 2.41. The fraction of sp³-hybridized carbons (Fsp3) is 0.192. The van der Waals surface area contributed by atoms with E-state index in [1.54, 1.807) is 72.5 Å². The summed E-state index contributed by atoms with van der Waals surface area (Å²) in [7, 11) is 1.33. The lowest BCUT2D eigenvalue weighted by atomic mass is 9.89. The molecule has 0 aromatic heterocycles. The third-order valence-electron chi connectivity index (χ3n) is 5.38. The number of amides is 1. The van der Waals surface area contributed by atoms with Gasteiger partial charge < -0.3 is 14.2 Å². The fourth-order valence-corrected chi connectivity index (χ4v) is 3.74. The van der Waals surface area contributed by atoms with E-state index in [0.717, 1.165) is 5.56 Å². The zero-order valence-corrected chi connectivity index (χ0v) is 18.3. The first-order chi connectivity index (χ1) is 16.0. The van der Waals surface area contributed by atoms with Crippen molar-refractivity contribution >= 4 is 23.5 Å². The molecular weight excluding hydrogens is 422 g/mol. The van der Waals surface area contributed by atoms with Crippen molar-refractivity contribution in [3.63, 3.8) is 0 Å². The average Bonchev–Trinajstić information content (AvgIpc) is 2.86. The Morgan fingerprint density at radius 1 is 0.848 bits per heavy atom. The van der Waals surface area contributed by atoms with E-state index in [0.29, 0.717) is 22.6 Å². The largest absolute Gasteiger partial charge is 0.478 e. The summed E-state index contributed by atoms with van der Waals surface area (Å²) in [6.07, 6.45) is -0.735. The maximum Gasteiger partial charge on any atom is 0.338 e. The Kier molecular flexibility index (Phi) is 6.40. The second-order valence-electron chi connectivity index (χ2n) is 7.39. The van der Waals surface area contributed by atoms with Gasteiger partial charge in [-0.15, -0.1) is 0 Å². The van der Waals surface area contributed by atoms with Crippen LogP contribution in [-0.4, -0.2) is 37.7 Å². The number of carbonyl (C=O) groups is 3. The molecule has 4 rings (SSSR count). The fourth-order valence-electron chi connectivity index (χ4n) is 3.74. The number of para-hydroxylation sites is 1. The van der Waals surface area contributed by atoms with Crippen LogP contribution in [0.15, 0.2) is 78.9 Å². The number of hydrogen-bond donors (Lipinski definition) is 0. The predicted molar refractivity (Wildman–Crippen MR) is 121 cm³/mol. The van der Waals surface area contributed by atoms with Gasteiger partial charge in [-0.1, -0.05) is 30.3 Å². The molecule has 1 heterocycles. The minimum atomic E-state index is -0.735. The highest BCUT2D eigenvalue weighted by atomic mass is 16.5. The summed E-state index contributed by atoms with van der Waals surface area (Å²) < 4.78 is 15.8. The highest BCUT2D eigenvalue weighted by molar-refractivity contribution is 6.05. The minimum Gasteiger partial charge on any atom is -0.478 e. The average molecular weight is 445 g/mol. The van der Waals surface area contributed by atoms with Gasteiger partial charge in [0.25, 0.3) is 5.91 Å². The smallest absolute Gasteiger partial charge is 0.338 e. The molecule has 0 N–H and O–H groups in total. The van der Waals surface area contributed by atoms with Crippen LogP contribution < -0.4 is 9.64 Å². The van der Waals surface area contributed by atoms with Crippen LogP contribution in [0.5, 0.6) is 5.75 Å². The molecule has 168 valence electrons. The molecule has 0 spiro atoms. The van der Waals surface area contributed by atoms with Crippen LogP contribution in [-0.2, 0) is 14.3 Å². The predicted octanol–water partition coefficient (Wildman–Crippen LogP) is 4.19. The summed E-state index contributed by atoms with van der Waals surface area (Å²) in [6, 6.07) is 22.3. The van der Waals surface area contributed by atoms with Gasteiger partial charge in [0.15, 0.2) is 0 Å². The Balaban J connectivity index is 1.64. The molecule has 3 aromatic carbocycles. The van der Waals surface area contributed by atoms with Crippen molar-refractivity contribution < 1.29 is 28.6 Å². The van der Waals surface area contributed by atoms with E-state index in [1.165, 1.54) is 7.11 Å². The Bertz CT molecular complexity index is 1140. The van der Waals surface area contributed by atoms with Gasteiger partial charge in [-0.2, -0.15) is 0 Å². The molecular formula is C26H23NO6. The van der Waals surface area contributed by atoms with Crippen molar-refractivity contribution in [3.8, 4) is 5.75 Å². The van der Waals surface area contributed by atoms with Crippen molar-refractivity contribution in [2.45, 2.75) is 19.1 Å². The summed E-state index contributed by atoms with van der Waals surface area (Å²) in [4.78, 5) is 38.5. The highest BCUT2D eigenvalue weighted by Gasteiger charge is 2.51. The number of anilines is 1. The van der Waals surface area contributed by atoms with Crippen LogP contribution in [0.3, 0.4) is 0 Å². The number of benzene rings is 3. The second-order valence-corrected chi connectivity index (χ2v) is 7.39. The van der Waals surface area contributed by atoms with E-state index in [-0.39, 0.29) is 12.5 Å². The molecule has 1 amide bonds. The SMILES string of the molecule is CCOC(=O)c1ccc(N2C(=O)[C@@H](Oc3ccccc3)[C@@H]2c2ccc(C(=O)OC)cc2)cc1. The number of ether oxygens (including phenoxy) is 3. The topological polar surface area (TPSA) is 82.1 Å². The molecule has 0 aliphatic carbocycles. The van der Waals surface area contributed by atoms with Crippen LogP contribution in [0.2, 0.25) is 0 Å². The third kappa shape index (κ3) is 4.43. The maximum atomic E-state index is 13.1. The van der Waals surface area contributed by atoms with Gasteiger partial charge in [-0.05, 0) is 61.0 Å². The summed E-state index contributed by atoms with van der Waals surface area (Å²) in [5.74, 6) is -0.469. The molecule has 1 aliphatic heterocycles. The van der Waals surface area contributed by atoms with Crippen molar-refractivity contribution in [2.24, 2.45) is 0 Å². The third-order valence-corrected chi connectivity index (χ3v) is 5.38. The molecule has 0 bridgehead atoms. The van der Waals surface area contributed by atoms with Gasteiger partial charge in [0.2, 0.25) is 6.10 Å². The summed E-state index contributed by atoms with van der Waals surface area (Å²) in [5.41, 5.74) is 2.25. The van der Waals surface area contributed by atoms with Gasteiger partial charge in [0.1, 0.15) is 11.8 Å². The molecule has 1 aliphatic rings. The molecule has 2 atom stereocenters. The molecule has 7 heteroatoms. The summed E-state index contributed by atoms with van der Waals surface area (Å²) in [6.45, 7) is 2.03. The van der Waals surface area contributed by atoms with Crippen LogP contribution in [0, 0.1) is 0 Å². The number of esters is 2. The standard InChI is InChI=1S/C26H23NO6/c1-3-32-26(30)19-13-15-20(16-14-19)27-22(17-9-11-18(12-10-17)25(29)31-2)23(24(27)28)33-21-7-5-4-6-8-21/h4-16,22-23H,3H2,1-2H3/t22-,23-/m0/s1. The maximum absolute atomic E-state index is 13.1. The summed E-state index contributed by atoms with van der Waals surface area (Å²) >= 11 is 0. The van der Waals surface area contributed by atoms with E-state index in [1.807, 2.05) is 18.2 Å². The van der Waals surface area contributed by atoms with Crippen LogP contribution in [0.25, 0.3) is 0 Å². The Labute approximate surface area is 191 Å². The molecule has 1 saturated heterocycles. The number of β-lactam (4-membered cyclic amide) rings is 1. The van der Waals surface area contributed by atoms with E-state index in [4.69, 9.17) is 14.2 Å². The molecule has 0 radical (unpaired) electrons. The summed E-state index contributed by atoms with van der Waals surface area (Å²) in [5, 5.41) is 0. The Morgan fingerprint density at radius 2 is 1.45 bits per heavy atom. The van der Waals surface area contributed by atoms with E-state index in [9.17, 15) is 14.4 Å². The van der Waals surface area contributed by atoms with Gasteiger partial charge in [0, 0.05) is 5.69 Å². The molecule has 1 fully saturated rings. The van der Waals surface area contributed by atoms with Crippen molar-refractivity contribution in [1.29, 1.82) is 0 Å². The Morgan fingerprint density at radius 3 is 2.06 bits per heavy atom. The number of nitrogens with zero attached hydrogens (tertiary/aromatic N) is 1. The van der Waals surface area contributed by atoms with Gasteiger partial charge in [-0.3, -0.25) is 9.69 Å². The zero-order chi connectivity index (χ0) is 23.4. The minimum absolute atomic E-state index is 0.204. The number of methoxy groups -OCH3 is 1. The number of carbonyl (C=O) groups excluding carboxylic acids is 3. The van der Waals surface area contributed by atoms with E-state index < -0.39 is 24.1 Å². The molecule has 3 aromatic rings. The lowest BCUT2D eigenvalue weighted by Crippen LogP contribution is -2.61. The van der Waals surface area contributed by atoms with Crippen molar-refractivity contribution in [1.82, 2.24) is 0 Å². The van der Waals surface area contributed by atoms with Crippen LogP contribution in [0.4, 0.5) is 5.69 Å². The lowest BCUT2D eigenvalue weighted by Gasteiger charge is -2.46. The zero-order valence-electron chi connectivity index (χ0n) is 18.3. The second kappa shape index (κ2) is 9.56. The van der Waals surface area contributed by atoms with Gasteiger partial charge >= 0.3 is 11.9 Å². The normalized spacial score (nSPS) is 17.2. The van der Waals surface area contributed by atoms with Gasteiger partial charge in [0.05, 0.1) is 24.8 Å². The quantitative estimate of drug-likeness (QED) is 0.401. The molecule has 33 heavy (non-hydrogen) atoms. The Hall–Kier alpha value is -4.13. The molecule has 0 unspecified atom stereocenters. The van der Waals surface area contributed by atoms with E-state index >= 15 is 0 Å². The van der Waals surface area contributed by atoms with Crippen LogP contribution in [0.1, 0.15) is 39.2 Å². The lowest BCUT2D eigenvalue weighted by molar-refractivity contribution is -0.135. The van der Waals surface area contributed by atoms with Crippen LogP contribution >= 0.6 is 0 Å². The van der Waals surface area contributed by atoms with E-state index in [2.05, 4.69) is 0 Å². The van der Waals surface area contributed by atoms with Crippen molar-refractivity contribution in [3.05, 3.63) is 95.6 Å². The molecule has 0 saturated carbocycles. The molecule has 7 nitrogen and oxygen atoms in total. The number of hydrogen-bond acceptors (Lipinski definition) is 6. The first kappa shape index (κ1) is 22.1. The van der Waals surface area contributed by atoms with Crippen molar-refractivity contribution in [2.75, 3.05) is 18.6 Å². The monoisotopic (exact) mass is 445 g/mol. The van der Waals surface area contributed by atoms with Gasteiger partial charge in [-0.25, -0.2) is 9.59 Å².